The molecule has 3 aromatic rings. The van der Waals surface area contributed by atoms with Crippen molar-refractivity contribution in [1.82, 2.24) is 10.4 Å². The van der Waals surface area contributed by atoms with Crippen LogP contribution in [0.1, 0.15) is 21.5 Å². The van der Waals surface area contributed by atoms with E-state index in [1.807, 2.05) is 30.3 Å². The Bertz CT molecular complexity index is 910. The van der Waals surface area contributed by atoms with Crippen molar-refractivity contribution in [2.75, 3.05) is 0 Å². The third-order valence-electron chi connectivity index (χ3n) is 3.50. The van der Waals surface area contributed by atoms with Gasteiger partial charge in [-0.05, 0) is 24.3 Å². The van der Waals surface area contributed by atoms with Gasteiger partial charge in [0.25, 0.3) is 5.91 Å². The van der Waals surface area contributed by atoms with Gasteiger partial charge in [-0.1, -0.05) is 30.3 Å². The number of pyridine rings is 1. The number of hydrazone groups is 1. The number of carbonyl (C=O) groups excluding carboxylic acids is 1. The zero-order chi connectivity index (χ0) is 17.6. The lowest BCUT2D eigenvalue weighted by atomic mass is 10.0. The van der Waals surface area contributed by atoms with E-state index in [9.17, 15) is 15.0 Å². The van der Waals surface area contributed by atoms with Gasteiger partial charge in [-0.25, -0.2) is 5.43 Å². The van der Waals surface area contributed by atoms with Gasteiger partial charge in [0.2, 0.25) is 0 Å². The number of benzene rings is 2. The summed E-state index contributed by atoms with van der Waals surface area (Å²) >= 11 is 0. The van der Waals surface area contributed by atoms with E-state index < -0.39 is 5.91 Å². The van der Waals surface area contributed by atoms with Crippen LogP contribution in [0.15, 0.2) is 78.2 Å². The molecule has 3 rings (SSSR count). The molecule has 25 heavy (non-hydrogen) atoms. The van der Waals surface area contributed by atoms with Crippen molar-refractivity contribution in [3.05, 3.63) is 89.7 Å². The summed E-state index contributed by atoms with van der Waals surface area (Å²) < 4.78 is 0. The maximum atomic E-state index is 12.2. The first-order valence-corrected chi connectivity index (χ1v) is 7.51. The van der Waals surface area contributed by atoms with E-state index in [0.717, 1.165) is 0 Å². The number of rotatable bonds is 4. The smallest absolute Gasteiger partial charge is 0.271 e. The van der Waals surface area contributed by atoms with Crippen LogP contribution in [0.3, 0.4) is 0 Å². The molecule has 124 valence electrons. The SMILES string of the molecule is O=C(N/N=C(/c1ccccc1)c1ccc(O)cc1O)c1ccncc1. The Labute approximate surface area is 144 Å². The minimum Gasteiger partial charge on any atom is -0.508 e. The molecule has 0 bridgehead atoms. The number of nitrogens with one attached hydrogen (secondary N) is 1. The van der Waals surface area contributed by atoms with E-state index in [-0.39, 0.29) is 11.5 Å². The summed E-state index contributed by atoms with van der Waals surface area (Å²) in [6, 6.07) is 16.5. The molecule has 6 heteroatoms. The summed E-state index contributed by atoms with van der Waals surface area (Å²) in [6.45, 7) is 0. The lowest BCUT2D eigenvalue weighted by Crippen LogP contribution is -2.20. The normalized spacial score (nSPS) is 11.1. The van der Waals surface area contributed by atoms with Crippen LogP contribution in [-0.2, 0) is 0 Å². The fourth-order valence-electron chi connectivity index (χ4n) is 2.27. The van der Waals surface area contributed by atoms with Crippen LogP contribution >= 0.6 is 0 Å². The van der Waals surface area contributed by atoms with Gasteiger partial charge in [-0.3, -0.25) is 9.78 Å². The topological polar surface area (TPSA) is 94.8 Å². The first-order valence-electron chi connectivity index (χ1n) is 7.51. The number of hydrogen-bond donors (Lipinski definition) is 3. The number of nitrogens with zero attached hydrogens (tertiary/aromatic N) is 2. The third-order valence-corrected chi connectivity index (χ3v) is 3.50. The number of aromatic nitrogens is 1. The molecular formula is C19H15N3O3. The van der Waals surface area contributed by atoms with E-state index in [2.05, 4.69) is 15.5 Å². The number of phenolic OH excluding ortho intramolecular Hbond substituents is 2. The Morgan fingerprint density at radius 1 is 0.920 bits per heavy atom. The number of phenols is 2. The molecule has 0 aliphatic rings. The highest BCUT2D eigenvalue weighted by Gasteiger charge is 2.13. The van der Waals surface area contributed by atoms with E-state index in [0.29, 0.717) is 22.4 Å². The highest BCUT2D eigenvalue weighted by atomic mass is 16.3. The molecule has 1 amide bonds. The molecule has 0 unspecified atom stereocenters. The quantitative estimate of drug-likeness (QED) is 0.505. The van der Waals surface area contributed by atoms with Crippen LogP contribution < -0.4 is 5.43 Å². The summed E-state index contributed by atoms with van der Waals surface area (Å²) in [5.41, 5.74) is 4.37. The summed E-state index contributed by atoms with van der Waals surface area (Å²) in [5, 5.41) is 23.8. The van der Waals surface area contributed by atoms with Gasteiger partial charge in [-0.15, -0.1) is 0 Å². The van der Waals surface area contributed by atoms with Crippen molar-refractivity contribution < 1.29 is 15.0 Å². The van der Waals surface area contributed by atoms with Gasteiger partial charge in [-0.2, -0.15) is 5.10 Å². The Morgan fingerprint density at radius 3 is 2.32 bits per heavy atom. The van der Waals surface area contributed by atoms with Gasteiger partial charge in [0, 0.05) is 35.2 Å². The van der Waals surface area contributed by atoms with Crippen LogP contribution in [0.5, 0.6) is 11.5 Å². The number of hydrogen-bond acceptors (Lipinski definition) is 5. The van der Waals surface area contributed by atoms with Crippen LogP contribution in [0.25, 0.3) is 0 Å². The zero-order valence-corrected chi connectivity index (χ0v) is 13.1. The van der Waals surface area contributed by atoms with Gasteiger partial charge >= 0.3 is 0 Å². The molecular weight excluding hydrogens is 318 g/mol. The first kappa shape index (κ1) is 16.2. The largest absolute Gasteiger partial charge is 0.508 e. The summed E-state index contributed by atoms with van der Waals surface area (Å²) in [6.07, 6.45) is 3.03. The standard InChI is InChI=1S/C19H15N3O3/c23-15-6-7-16(17(24)12-15)18(13-4-2-1-3-5-13)21-22-19(25)14-8-10-20-11-9-14/h1-12,23-24H,(H,22,25)/b21-18-. The van der Waals surface area contributed by atoms with Crippen molar-refractivity contribution in [3.63, 3.8) is 0 Å². The summed E-state index contributed by atoms with van der Waals surface area (Å²) in [4.78, 5) is 16.1. The van der Waals surface area contributed by atoms with Crippen molar-refractivity contribution in [2.45, 2.75) is 0 Å². The second-order valence-electron chi connectivity index (χ2n) is 5.20. The molecule has 0 radical (unpaired) electrons. The van der Waals surface area contributed by atoms with Crippen LogP contribution in [0.4, 0.5) is 0 Å². The van der Waals surface area contributed by atoms with Crippen molar-refractivity contribution in [1.29, 1.82) is 0 Å². The second-order valence-corrected chi connectivity index (χ2v) is 5.20. The molecule has 0 spiro atoms. The Kier molecular flexibility index (Phi) is 4.71. The molecule has 0 saturated carbocycles. The average molecular weight is 333 g/mol. The molecule has 2 aromatic carbocycles. The highest BCUT2D eigenvalue weighted by molar-refractivity contribution is 6.15. The van der Waals surface area contributed by atoms with Crippen molar-refractivity contribution in [2.24, 2.45) is 5.10 Å². The Morgan fingerprint density at radius 2 is 1.64 bits per heavy atom. The molecule has 0 saturated heterocycles. The number of amides is 1. The van der Waals surface area contributed by atoms with Gasteiger partial charge < -0.3 is 10.2 Å². The maximum absolute atomic E-state index is 12.2. The molecule has 0 atom stereocenters. The molecule has 3 N–H and O–H groups in total. The Hall–Kier alpha value is -3.67. The molecule has 1 aromatic heterocycles. The van der Waals surface area contributed by atoms with Crippen LogP contribution in [0, 0.1) is 0 Å². The van der Waals surface area contributed by atoms with Crippen molar-refractivity contribution in [3.8, 4) is 11.5 Å². The second kappa shape index (κ2) is 7.27. The molecule has 1 heterocycles. The van der Waals surface area contributed by atoms with Crippen LogP contribution in [0.2, 0.25) is 0 Å². The molecule has 0 aliphatic heterocycles. The number of carbonyl (C=O) groups is 1. The van der Waals surface area contributed by atoms with E-state index in [1.165, 1.54) is 30.6 Å². The fraction of sp³-hybridized carbons (Fsp3) is 0. The predicted molar refractivity (Wildman–Crippen MR) is 93.6 cm³/mol. The fourth-order valence-corrected chi connectivity index (χ4v) is 2.27. The van der Waals surface area contributed by atoms with E-state index in [4.69, 9.17) is 0 Å². The Balaban J connectivity index is 1.98. The van der Waals surface area contributed by atoms with Gasteiger partial charge in [0.15, 0.2) is 0 Å². The first-order chi connectivity index (χ1) is 12.1. The summed E-state index contributed by atoms with van der Waals surface area (Å²) in [7, 11) is 0. The van der Waals surface area contributed by atoms with Crippen molar-refractivity contribution >= 4 is 11.6 Å². The summed E-state index contributed by atoms with van der Waals surface area (Å²) in [5.74, 6) is -0.593. The molecule has 0 aliphatic carbocycles. The predicted octanol–water partition coefficient (Wildman–Crippen LogP) is 2.68. The van der Waals surface area contributed by atoms with Gasteiger partial charge in [0.1, 0.15) is 17.2 Å². The van der Waals surface area contributed by atoms with Crippen LogP contribution in [-0.4, -0.2) is 26.8 Å². The number of aromatic hydroxyl groups is 2. The monoisotopic (exact) mass is 333 g/mol. The highest BCUT2D eigenvalue weighted by Crippen LogP contribution is 2.25. The zero-order valence-electron chi connectivity index (χ0n) is 13.1. The third kappa shape index (κ3) is 3.81. The lowest BCUT2D eigenvalue weighted by molar-refractivity contribution is 0.0954. The minimum atomic E-state index is -0.394. The average Bonchev–Trinajstić information content (AvgIpc) is 2.64. The minimum absolute atomic E-state index is 0.0607. The lowest BCUT2D eigenvalue weighted by Gasteiger charge is -2.10. The van der Waals surface area contributed by atoms with E-state index >= 15 is 0 Å². The van der Waals surface area contributed by atoms with Gasteiger partial charge in [0.05, 0.1) is 0 Å². The maximum Gasteiger partial charge on any atom is 0.271 e. The van der Waals surface area contributed by atoms with E-state index in [1.54, 1.807) is 12.1 Å². The molecule has 6 nitrogen and oxygen atoms in total. The molecule has 0 fully saturated rings.